The Kier molecular flexibility index (Phi) is 8.23. The van der Waals surface area contributed by atoms with E-state index in [0.717, 1.165) is 18.0 Å². The fourth-order valence-corrected chi connectivity index (χ4v) is 4.64. The van der Waals surface area contributed by atoms with Crippen LogP contribution in [0.25, 0.3) is 0 Å². The standard InChI is InChI=1S/C18H23ClFN3OS.BrH/c1-23-16(17(24)22-15-10-12(19)8-9-14(15)20)11-25-18(23)21-13-6-4-2-3-5-7-13;/h8-10,13,16H,2-7,11H2,1H3,(H,22,24);1H. The first-order valence-corrected chi connectivity index (χ1v) is 10.1. The number of nitrogens with zero attached hydrogens (tertiary/aromatic N) is 2. The molecule has 8 heteroatoms. The molecule has 0 bridgehead atoms. The van der Waals surface area contributed by atoms with Crippen molar-refractivity contribution in [1.82, 2.24) is 4.90 Å². The average molecular weight is 465 g/mol. The van der Waals surface area contributed by atoms with Crippen molar-refractivity contribution in [3.63, 3.8) is 0 Å². The summed E-state index contributed by atoms with van der Waals surface area (Å²) in [6.07, 6.45) is 7.30. The lowest BCUT2D eigenvalue weighted by atomic mass is 10.1. The van der Waals surface area contributed by atoms with E-state index in [1.165, 1.54) is 43.9 Å². The monoisotopic (exact) mass is 463 g/mol. The zero-order chi connectivity index (χ0) is 17.8. The van der Waals surface area contributed by atoms with Crippen LogP contribution in [0.5, 0.6) is 0 Å². The van der Waals surface area contributed by atoms with E-state index in [2.05, 4.69) is 5.32 Å². The van der Waals surface area contributed by atoms with Crippen LogP contribution in [-0.4, -0.2) is 40.9 Å². The summed E-state index contributed by atoms with van der Waals surface area (Å²) in [7, 11) is 1.88. The average Bonchev–Trinajstić information content (AvgIpc) is 2.78. The van der Waals surface area contributed by atoms with Gasteiger partial charge in [0.05, 0.1) is 11.7 Å². The number of hydrogen-bond acceptors (Lipinski definition) is 3. The van der Waals surface area contributed by atoms with E-state index in [1.54, 1.807) is 11.8 Å². The van der Waals surface area contributed by atoms with Crippen LogP contribution in [0.4, 0.5) is 10.1 Å². The Bertz CT molecular complexity index is 668. The second-order valence-electron chi connectivity index (χ2n) is 6.61. The van der Waals surface area contributed by atoms with E-state index in [-0.39, 0.29) is 34.6 Å². The molecule has 1 saturated heterocycles. The predicted molar refractivity (Wildman–Crippen MR) is 113 cm³/mol. The lowest BCUT2D eigenvalue weighted by Crippen LogP contribution is -2.40. The normalized spacial score (nSPS) is 22.8. The highest BCUT2D eigenvalue weighted by Gasteiger charge is 2.33. The Morgan fingerprint density at radius 2 is 2.00 bits per heavy atom. The van der Waals surface area contributed by atoms with Gasteiger partial charge in [0.2, 0.25) is 5.91 Å². The van der Waals surface area contributed by atoms with Crippen LogP contribution in [0.2, 0.25) is 5.02 Å². The molecule has 1 N–H and O–H groups in total. The number of hydrogen-bond donors (Lipinski definition) is 1. The minimum atomic E-state index is -0.488. The van der Waals surface area contributed by atoms with E-state index in [9.17, 15) is 9.18 Å². The highest BCUT2D eigenvalue weighted by Crippen LogP contribution is 2.28. The maximum Gasteiger partial charge on any atom is 0.248 e. The Balaban J connectivity index is 0.00000243. The summed E-state index contributed by atoms with van der Waals surface area (Å²) in [6, 6.07) is 4.15. The van der Waals surface area contributed by atoms with Crippen LogP contribution in [0.1, 0.15) is 38.5 Å². The summed E-state index contributed by atoms with van der Waals surface area (Å²) < 4.78 is 13.8. The minimum Gasteiger partial charge on any atom is -0.342 e. The van der Waals surface area contributed by atoms with Crippen molar-refractivity contribution in [3.05, 3.63) is 29.0 Å². The number of halogens is 3. The SMILES string of the molecule is Br.CN1C(=NC2CCCCCC2)SCC1C(=O)Nc1cc(Cl)ccc1F. The van der Waals surface area contributed by atoms with Gasteiger partial charge < -0.3 is 10.2 Å². The van der Waals surface area contributed by atoms with Crippen LogP contribution in [0.15, 0.2) is 23.2 Å². The summed E-state index contributed by atoms with van der Waals surface area (Å²) in [5.74, 6) is -0.101. The highest BCUT2D eigenvalue weighted by molar-refractivity contribution is 8.93. The molecular weight excluding hydrogens is 441 g/mol. The number of thioether (sulfide) groups is 1. The zero-order valence-corrected chi connectivity index (χ0v) is 18.0. The third-order valence-electron chi connectivity index (χ3n) is 4.75. The number of anilines is 1. The first kappa shape index (κ1) is 21.5. The number of aliphatic imine (C=N–C) groups is 1. The van der Waals surface area contributed by atoms with Gasteiger partial charge in [0.25, 0.3) is 0 Å². The third-order valence-corrected chi connectivity index (χ3v) is 6.12. The summed E-state index contributed by atoms with van der Waals surface area (Å²) >= 11 is 7.48. The molecule has 2 aliphatic rings. The topological polar surface area (TPSA) is 44.7 Å². The summed E-state index contributed by atoms with van der Waals surface area (Å²) in [6.45, 7) is 0. The largest absolute Gasteiger partial charge is 0.342 e. The Morgan fingerprint density at radius 3 is 2.69 bits per heavy atom. The molecule has 0 radical (unpaired) electrons. The summed E-state index contributed by atoms with van der Waals surface area (Å²) in [5, 5.41) is 3.95. The Hall–Kier alpha value is -0.790. The molecule has 26 heavy (non-hydrogen) atoms. The van der Waals surface area contributed by atoms with Gasteiger partial charge in [-0.25, -0.2) is 4.39 Å². The maximum absolute atomic E-state index is 13.8. The van der Waals surface area contributed by atoms with E-state index >= 15 is 0 Å². The fourth-order valence-electron chi connectivity index (χ4n) is 3.23. The molecule has 1 unspecified atom stereocenters. The minimum absolute atomic E-state index is 0. The summed E-state index contributed by atoms with van der Waals surface area (Å²) in [4.78, 5) is 19.3. The number of carbonyl (C=O) groups is 1. The lowest BCUT2D eigenvalue weighted by molar-refractivity contribution is -0.118. The van der Waals surface area contributed by atoms with Gasteiger partial charge in [-0.15, -0.1) is 17.0 Å². The highest BCUT2D eigenvalue weighted by atomic mass is 79.9. The Morgan fingerprint density at radius 1 is 1.31 bits per heavy atom. The number of nitrogens with one attached hydrogen (secondary N) is 1. The van der Waals surface area contributed by atoms with Gasteiger partial charge in [0.1, 0.15) is 11.9 Å². The fraction of sp³-hybridized carbons (Fsp3) is 0.556. The maximum atomic E-state index is 13.8. The molecule has 1 saturated carbocycles. The van der Waals surface area contributed by atoms with Crippen LogP contribution in [0, 0.1) is 5.82 Å². The molecular formula is C18H24BrClFN3OS. The second kappa shape index (κ2) is 9.95. The number of rotatable bonds is 3. The van der Waals surface area contributed by atoms with Gasteiger partial charge in [-0.3, -0.25) is 9.79 Å². The van der Waals surface area contributed by atoms with Crippen molar-refractivity contribution >= 4 is 57.1 Å². The smallest absolute Gasteiger partial charge is 0.248 e. The van der Waals surface area contributed by atoms with Crippen LogP contribution < -0.4 is 5.32 Å². The predicted octanol–water partition coefficient (Wildman–Crippen LogP) is 5.12. The zero-order valence-electron chi connectivity index (χ0n) is 14.7. The Labute approximate surface area is 173 Å². The van der Waals surface area contributed by atoms with Gasteiger partial charge in [-0.05, 0) is 31.0 Å². The van der Waals surface area contributed by atoms with E-state index < -0.39 is 5.82 Å². The number of amides is 1. The quantitative estimate of drug-likeness (QED) is 0.631. The molecule has 4 nitrogen and oxygen atoms in total. The van der Waals surface area contributed by atoms with Crippen LogP contribution in [-0.2, 0) is 4.79 Å². The van der Waals surface area contributed by atoms with Crippen molar-refractivity contribution in [2.24, 2.45) is 4.99 Å². The van der Waals surface area contributed by atoms with Gasteiger partial charge in [-0.1, -0.05) is 49.0 Å². The van der Waals surface area contributed by atoms with Crippen molar-refractivity contribution in [2.45, 2.75) is 50.6 Å². The first-order chi connectivity index (χ1) is 12.0. The third kappa shape index (κ3) is 5.36. The number of carbonyl (C=O) groups excluding carboxylic acids is 1. The van der Waals surface area contributed by atoms with Crippen molar-refractivity contribution in [2.75, 3.05) is 18.1 Å². The molecule has 1 aromatic rings. The molecule has 0 aromatic heterocycles. The molecule has 144 valence electrons. The molecule has 1 aliphatic carbocycles. The summed E-state index contributed by atoms with van der Waals surface area (Å²) in [5.41, 5.74) is 0.116. The number of amidine groups is 1. The van der Waals surface area contributed by atoms with Gasteiger partial charge >= 0.3 is 0 Å². The molecule has 0 spiro atoms. The molecule has 1 aliphatic heterocycles. The van der Waals surface area contributed by atoms with Gasteiger partial charge in [-0.2, -0.15) is 0 Å². The van der Waals surface area contributed by atoms with Crippen LogP contribution >= 0.6 is 40.3 Å². The molecule has 2 fully saturated rings. The molecule has 1 atom stereocenters. The number of likely N-dealkylation sites (N-methyl/N-ethyl adjacent to an activating group) is 1. The van der Waals surface area contributed by atoms with Crippen molar-refractivity contribution in [1.29, 1.82) is 0 Å². The van der Waals surface area contributed by atoms with Gasteiger partial charge in [0, 0.05) is 17.8 Å². The lowest BCUT2D eigenvalue weighted by Gasteiger charge is -2.21. The number of benzene rings is 1. The second-order valence-corrected chi connectivity index (χ2v) is 8.03. The van der Waals surface area contributed by atoms with E-state index in [1.807, 2.05) is 11.9 Å². The molecule has 3 rings (SSSR count). The molecule has 1 heterocycles. The van der Waals surface area contributed by atoms with Crippen molar-refractivity contribution < 1.29 is 9.18 Å². The van der Waals surface area contributed by atoms with Crippen LogP contribution in [0.3, 0.4) is 0 Å². The van der Waals surface area contributed by atoms with E-state index in [4.69, 9.17) is 16.6 Å². The van der Waals surface area contributed by atoms with Gasteiger partial charge in [0.15, 0.2) is 5.17 Å². The first-order valence-electron chi connectivity index (χ1n) is 8.74. The molecule has 1 aromatic carbocycles. The van der Waals surface area contributed by atoms with E-state index in [0.29, 0.717) is 16.8 Å². The van der Waals surface area contributed by atoms with Crippen molar-refractivity contribution in [3.8, 4) is 0 Å². The molecule has 1 amide bonds.